The Morgan fingerprint density at radius 3 is 2.45 bits per heavy atom. The summed E-state index contributed by atoms with van der Waals surface area (Å²) in [5, 5.41) is 3.02. The molecule has 3 rings (SSSR count). The average Bonchev–Trinajstić information content (AvgIpc) is 3.18. The highest BCUT2D eigenvalue weighted by molar-refractivity contribution is 5.83. The second kappa shape index (κ2) is 9.41. The Bertz CT molecular complexity index is 908. The molecule has 1 aliphatic rings. The van der Waals surface area contributed by atoms with Gasteiger partial charge < -0.3 is 19.9 Å². The maximum absolute atomic E-state index is 13.5. The van der Waals surface area contributed by atoms with Crippen LogP contribution in [0.25, 0.3) is 0 Å². The molecule has 1 aliphatic heterocycles. The SMILES string of the molecule is COc1cccc([C@@H]2CN(C(=O)NC(C)(C)C)C[C@H]2C(=O)N(C)Cc2ccccc2)c1. The van der Waals surface area contributed by atoms with E-state index >= 15 is 0 Å². The van der Waals surface area contributed by atoms with Gasteiger partial charge in [-0.1, -0.05) is 42.5 Å². The quantitative estimate of drug-likeness (QED) is 0.794. The van der Waals surface area contributed by atoms with Gasteiger partial charge in [-0.15, -0.1) is 0 Å². The summed E-state index contributed by atoms with van der Waals surface area (Å²) < 4.78 is 5.39. The molecule has 6 heteroatoms. The van der Waals surface area contributed by atoms with Gasteiger partial charge in [-0.05, 0) is 44.0 Å². The Balaban J connectivity index is 1.84. The molecule has 2 atom stereocenters. The van der Waals surface area contributed by atoms with Crippen molar-refractivity contribution in [2.75, 3.05) is 27.2 Å². The number of nitrogens with zero attached hydrogens (tertiary/aromatic N) is 2. The highest BCUT2D eigenvalue weighted by Crippen LogP contribution is 2.35. The highest BCUT2D eigenvalue weighted by Gasteiger charge is 2.42. The number of likely N-dealkylation sites (tertiary alicyclic amines) is 1. The van der Waals surface area contributed by atoms with Crippen LogP contribution in [-0.4, -0.2) is 54.5 Å². The van der Waals surface area contributed by atoms with E-state index in [1.54, 1.807) is 16.9 Å². The van der Waals surface area contributed by atoms with E-state index in [1.807, 2.05) is 82.4 Å². The van der Waals surface area contributed by atoms with Gasteiger partial charge >= 0.3 is 6.03 Å². The molecule has 31 heavy (non-hydrogen) atoms. The summed E-state index contributed by atoms with van der Waals surface area (Å²) in [6, 6.07) is 17.6. The first-order valence-electron chi connectivity index (χ1n) is 10.7. The predicted octanol–water partition coefficient (Wildman–Crippen LogP) is 3.88. The number of rotatable bonds is 5. The van der Waals surface area contributed by atoms with Gasteiger partial charge in [-0.25, -0.2) is 4.79 Å². The van der Waals surface area contributed by atoms with Gasteiger partial charge in [0.05, 0.1) is 13.0 Å². The number of nitrogens with one attached hydrogen (secondary N) is 1. The van der Waals surface area contributed by atoms with Crippen molar-refractivity contribution in [1.82, 2.24) is 15.1 Å². The fraction of sp³-hybridized carbons (Fsp3) is 0.440. The van der Waals surface area contributed by atoms with Crippen LogP contribution < -0.4 is 10.1 Å². The summed E-state index contributed by atoms with van der Waals surface area (Å²) >= 11 is 0. The zero-order chi connectivity index (χ0) is 22.6. The zero-order valence-corrected chi connectivity index (χ0v) is 19.1. The molecule has 6 nitrogen and oxygen atoms in total. The molecule has 0 aliphatic carbocycles. The lowest BCUT2D eigenvalue weighted by Crippen LogP contribution is -2.48. The molecule has 1 saturated heterocycles. The topological polar surface area (TPSA) is 61.9 Å². The Labute approximate surface area is 185 Å². The van der Waals surface area contributed by atoms with E-state index in [2.05, 4.69) is 5.32 Å². The molecule has 0 unspecified atom stereocenters. The molecule has 2 aromatic rings. The van der Waals surface area contributed by atoms with E-state index in [-0.39, 0.29) is 29.3 Å². The van der Waals surface area contributed by atoms with Gasteiger partial charge in [0.1, 0.15) is 5.75 Å². The lowest BCUT2D eigenvalue weighted by molar-refractivity contribution is -0.134. The second-order valence-electron chi connectivity index (χ2n) is 9.25. The summed E-state index contributed by atoms with van der Waals surface area (Å²) in [6.45, 7) is 7.28. The fourth-order valence-corrected chi connectivity index (χ4v) is 4.05. The van der Waals surface area contributed by atoms with Crippen LogP contribution in [0.3, 0.4) is 0 Å². The molecule has 2 aromatic carbocycles. The Morgan fingerprint density at radius 2 is 1.81 bits per heavy atom. The fourth-order valence-electron chi connectivity index (χ4n) is 4.05. The van der Waals surface area contributed by atoms with E-state index in [4.69, 9.17) is 4.74 Å². The van der Waals surface area contributed by atoms with E-state index in [1.165, 1.54) is 0 Å². The first-order valence-corrected chi connectivity index (χ1v) is 10.7. The monoisotopic (exact) mass is 423 g/mol. The maximum atomic E-state index is 13.5. The minimum absolute atomic E-state index is 0.0442. The third-order valence-electron chi connectivity index (χ3n) is 5.57. The molecule has 166 valence electrons. The molecular weight excluding hydrogens is 390 g/mol. The van der Waals surface area contributed by atoms with Crippen LogP contribution in [0.15, 0.2) is 54.6 Å². The molecule has 1 fully saturated rings. The van der Waals surface area contributed by atoms with Gasteiger partial charge in [-0.3, -0.25) is 4.79 Å². The number of hydrogen-bond donors (Lipinski definition) is 1. The number of ether oxygens (including phenoxy) is 1. The number of amides is 3. The first-order chi connectivity index (χ1) is 14.7. The zero-order valence-electron chi connectivity index (χ0n) is 19.1. The standard InChI is InChI=1S/C25H33N3O3/c1-25(2,3)26-24(30)28-16-21(19-12-9-13-20(14-19)31-5)22(17-28)23(29)27(4)15-18-10-7-6-8-11-18/h6-14,21-22H,15-17H2,1-5H3,(H,26,30)/t21-,22+/m0/s1. The third kappa shape index (κ3) is 5.78. The largest absolute Gasteiger partial charge is 0.497 e. The normalized spacial score (nSPS) is 18.5. The predicted molar refractivity (Wildman–Crippen MR) is 122 cm³/mol. The number of carbonyl (C=O) groups is 2. The number of urea groups is 1. The number of carbonyl (C=O) groups excluding carboxylic acids is 2. The van der Waals surface area contributed by atoms with E-state index in [0.717, 1.165) is 16.9 Å². The summed E-state index contributed by atoms with van der Waals surface area (Å²) in [4.78, 5) is 29.9. The smallest absolute Gasteiger partial charge is 0.317 e. The first kappa shape index (κ1) is 22.7. The molecule has 1 heterocycles. The lowest BCUT2D eigenvalue weighted by Gasteiger charge is -2.26. The summed E-state index contributed by atoms with van der Waals surface area (Å²) in [5.41, 5.74) is 1.75. The van der Waals surface area contributed by atoms with Gasteiger partial charge in [0.2, 0.25) is 5.91 Å². The van der Waals surface area contributed by atoms with Crippen molar-refractivity contribution < 1.29 is 14.3 Å². The number of hydrogen-bond acceptors (Lipinski definition) is 3. The minimum atomic E-state index is -0.339. The molecule has 0 spiro atoms. The molecule has 0 radical (unpaired) electrons. The van der Waals surface area contributed by atoms with Crippen molar-refractivity contribution in [1.29, 1.82) is 0 Å². The van der Waals surface area contributed by atoms with Crippen molar-refractivity contribution in [3.05, 3.63) is 65.7 Å². The van der Waals surface area contributed by atoms with Crippen LogP contribution >= 0.6 is 0 Å². The maximum Gasteiger partial charge on any atom is 0.317 e. The van der Waals surface area contributed by atoms with Gasteiger partial charge in [0.25, 0.3) is 0 Å². The van der Waals surface area contributed by atoms with Gasteiger partial charge in [0.15, 0.2) is 0 Å². The van der Waals surface area contributed by atoms with Crippen molar-refractivity contribution in [2.45, 2.75) is 38.8 Å². The lowest BCUT2D eigenvalue weighted by atomic mass is 9.88. The van der Waals surface area contributed by atoms with Gasteiger partial charge in [0, 0.05) is 38.1 Å². The average molecular weight is 424 g/mol. The molecule has 3 amide bonds. The summed E-state index contributed by atoms with van der Waals surface area (Å²) in [5.74, 6) is 0.389. The van der Waals surface area contributed by atoms with Crippen LogP contribution in [0.5, 0.6) is 5.75 Å². The minimum Gasteiger partial charge on any atom is -0.497 e. The Kier molecular flexibility index (Phi) is 6.88. The number of benzene rings is 2. The van der Waals surface area contributed by atoms with Crippen molar-refractivity contribution >= 4 is 11.9 Å². The molecule has 0 saturated carbocycles. The number of methoxy groups -OCH3 is 1. The van der Waals surface area contributed by atoms with Crippen LogP contribution in [0.2, 0.25) is 0 Å². The van der Waals surface area contributed by atoms with Crippen molar-refractivity contribution in [3.63, 3.8) is 0 Å². The Morgan fingerprint density at radius 1 is 1.10 bits per heavy atom. The van der Waals surface area contributed by atoms with Crippen LogP contribution in [-0.2, 0) is 11.3 Å². The van der Waals surface area contributed by atoms with Crippen LogP contribution in [0.4, 0.5) is 4.79 Å². The van der Waals surface area contributed by atoms with Crippen LogP contribution in [0.1, 0.15) is 37.8 Å². The second-order valence-corrected chi connectivity index (χ2v) is 9.25. The summed E-state index contributed by atoms with van der Waals surface area (Å²) in [7, 11) is 3.46. The molecule has 0 aromatic heterocycles. The third-order valence-corrected chi connectivity index (χ3v) is 5.57. The molecular formula is C25H33N3O3. The highest BCUT2D eigenvalue weighted by atomic mass is 16.5. The van der Waals surface area contributed by atoms with Gasteiger partial charge in [-0.2, -0.15) is 0 Å². The van der Waals surface area contributed by atoms with E-state index in [0.29, 0.717) is 19.6 Å². The molecule has 0 bridgehead atoms. The van der Waals surface area contributed by atoms with Crippen molar-refractivity contribution in [3.8, 4) is 5.75 Å². The van der Waals surface area contributed by atoms with E-state index < -0.39 is 0 Å². The van der Waals surface area contributed by atoms with Crippen LogP contribution in [0, 0.1) is 5.92 Å². The Hall–Kier alpha value is -3.02. The summed E-state index contributed by atoms with van der Waals surface area (Å²) in [6.07, 6.45) is 0. The van der Waals surface area contributed by atoms with Crippen molar-refractivity contribution in [2.24, 2.45) is 5.92 Å². The van der Waals surface area contributed by atoms with E-state index in [9.17, 15) is 9.59 Å². The molecule has 1 N–H and O–H groups in total.